The van der Waals surface area contributed by atoms with Crippen LogP contribution in [-0.4, -0.2) is 43.0 Å². The van der Waals surface area contributed by atoms with Crippen molar-refractivity contribution >= 4 is 0 Å². The van der Waals surface area contributed by atoms with Gasteiger partial charge in [-0.1, -0.05) is 6.42 Å². The van der Waals surface area contributed by atoms with Crippen molar-refractivity contribution in [3.8, 4) is 0 Å². The van der Waals surface area contributed by atoms with Gasteiger partial charge in [-0.2, -0.15) is 0 Å². The molecule has 0 N–H and O–H groups in total. The van der Waals surface area contributed by atoms with Crippen LogP contribution in [0.1, 0.15) is 51.4 Å². The number of ether oxygens (including phenoxy) is 2. The van der Waals surface area contributed by atoms with Crippen molar-refractivity contribution in [3.05, 3.63) is 0 Å². The Kier molecular flexibility index (Phi) is 3.99. The molecule has 3 heteroatoms. The highest BCUT2D eigenvalue weighted by Crippen LogP contribution is 2.31. The van der Waals surface area contributed by atoms with Gasteiger partial charge < -0.3 is 9.47 Å². The van der Waals surface area contributed by atoms with Gasteiger partial charge in [0.15, 0.2) is 0 Å². The Labute approximate surface area is 104 Å². The predicted molar refractivity (Wildman–Crippen MR) is 66.9 cm³/mol. The topological polar surface area (TPSA) is 21.7 Å². The maximum Gasteiger partial charge on any atom is 0.110 e. The van der Waals surface area contributed by atoms with Gasteiger partial charge in [-0.25, -0.2) is 0 Å². The second-order valence-electron chi connectivity index (χ2n) is 5.67. The first kappa shape index (κ1) is 11.9. The molecule has 3 aliphatic heterocycles. The Morgan fingerprint density at radius 1 is 0.765 bits per heavy atom. The van der Waals surface area contributed by atoms with Crippen molar-refractivity contribution in [3.63, 3.8) is 0 Å². The normalized spacial score (nSPS) is 40.6. The number of nitrogens with zero attached hydrogens (tertiary/aromatic N) is 1. The van der Waals surface area contributed by atoms with E-state index in [1.54, 1.807) is 0 Å². The first-order valence-corrected chi connectivity index (χ1v) is 7.44. The molecule has 0 saturated carbocycles. The van der Waals surface area contributed by atoms with Crippen LogP contribution in [0.5, 0.6) is 0 Å². The zero-order valence-corrected chi connectivity index (χ0v) is 10.8. The predicted octanol–water partition coefficient (Wildman–Crippen LogP) is 2.55. The van der Waals surface area contributed by atoms with Crippen LogP contribution in [0, 0.1) is 0 Å². The maximum atomic E-state index is 5.98. The van der Waals surface area contributed by atoms with E-state index in [4.69, 9.17) is 9.47 Å². The Hall–Kier alpha value is -0.120. The third kappa shape index (κ3) is 2.67. The molecule has 0 aliphatic carbocycles. The lowest BCUT2D eigenvalue weighted by Gasteiger charge is -2.44. The molecule has 0 spiro atoms. The molecular weight excluding hydrogens is 214 g/mol. The van der Waals surface area contributed by atoms with Gasteiger partial charge in [0.25, 0.3) is 0 Å². The fourth-order valence-electron chi connectivity index (χ4n) is 3.63. The van der Waals surface area contributed by atoms with Gasteiger partial charge in [-0.05, 0) is 44.9 Å². The number of piperidine rings is 1. The number of hydrogen-bond acceptors (Lipinski definition) is 3. The highest BCUT2D eigenvalue weighted by atomic mass is 16.5. The van der Waals surface area contributed by atoms with E-state index in [1.165, 1.54) is 57.9 Å². The van der Waals surface area contributed by atoms with Gasteiger partial charge >= 0.3 is 0 Å². The first-order chi connectivity index (χ1) is 8.45. The van der Waals surface area contributed by atoms with Crippen LogP contribution in [0.3, 0.4) is 0 Å². The molecule has 3 nitrogen and oxygen atoms in total. The molecule has 0 bridgehead atoms. The molecule has 0 amide bonds. The Bertz CT molecular complexity index is 234. The summed E-state index contributed by atoms with van der Waals surface area (Å²) in [7, 11) is 0. The van der Waals surface area contributed by atoms with Crippen molar-refractivity contribution in [2.75, 3.05) is 19.8 Å². The Morgan fingerprint density at radius 2 is 1.65 bits per heavy atom. The second kappa shape index (κ2) is 5.68. The first-order valence-electron chi connectivity index (χ1n) is 7.44. The van der Waals surface area contributed by atoms with Gasteiger partial charge in [0.2, 0.25) is 0 Å². The molecule has 0 aromatic carbocycles. The molecule has 17 heavy (non-hydrogen) atoms. The zero-order valence-electron chi connectivity index (χ0n) is 10.8. The second-order valence-corrected chi connectivity index (χ2v) is 5.67. The maximum absolute atomic E-state index is 5.98. The van der Waals surface area contributed by atoms with Gasteiger partial charge in [0, 0.05) is 25.8 Å². The number of likely N-dealkylation sites (tertiary alicyclic amines) is 1. The van der Waals surface area contributed by atoms with E-state index in [0.717, 1.165) is 13.2 Å². The molecule has 3 fully saturated rings. The molecule has 0 radical (unpaired) electrons. The Morgan fingerprint density at radius 3 is 2.41 bits per heavy atom. The molecule has 0 aromatic rings. The molecular formula is C14H25NO2. The smallest absolute Gasteiger partial charge is 0.110 e. The third-order valence-corrected chi connectivity index (χ3v) is 4.51. The molecule has 3 atom stereocenters. The highest BCUT2D eigenvalue weighted by molar-refractivity contribution is 4.88. The average molecular weight is 239 g/mol. The molecule has 3 heterocycles. The lowest BCUT2D eigenvalue weighted by molar-refractivity contribution is -0.132. The van der Waals surface area contributed by atoms with Crippen LogP contribution in [0.15, 0.2) is 0 Å². The third-order valence-electron chi connectivity index (χ3n) is 4.51. The average Bonchev–Trinajstić information content (AvgIpc) is 2.94. The van der Waals surface area contributed by atoms with Crippen LogP contribution in [0.2, 0.25) is 0 Å². The monoisotopic (exact) mass is 239 g/mol. The lowest BCUT2D eigenvalue weighted by atomic mass is 9.94. The van der Waals surface area contributed by atoms with Crippen molar-refractivity contribution < 1.29 is 9.47 Å². The summed E-state index contributed by atoms with van der Waals surface area (Å²) in [4.78, 5) is 2.62. The van der Waals surface area contributed by atoms with Crippen molar-refractivity contribution in [1.82, 2.24) is 4.90 Å². The number of rotatable bonds is 2. The van der Waals surface area contributed by atoms with E-state index in [1.807, 2.05) is 0 Å². The summed E-state index contributed by atoms with van der Waals surface area (Å²) in [6.45, 7) is 3.15. The standard InChI is InChI=1S/C14H25NO2/c1-3-9-15(14-8-2-4-10-17-14)12(6-1)13-7-5-11-16-13/h12-14H,1-11H2. The SMILES string of the molecule is C1CCC(N2CCCCC2C2CCCO2)OC1. The van der Waals surface area contributed by atoms with Crippen LogP contribution in [0.25, 0.3) is 0 Å². The van der Waals surface area contributed by atoms with Crippen LogP contribution >= 0.6 is 0 Å². The van der Waals surface area contributed by atoms with E-state index in [2.05, 4.69) is 4.90 Å². The van der Waals surface area contributed by atoms with Crippen molar-refractivity contribution in [2.24, 2.45) is 0 Å². The highest BCUT2D eigenvalue weighted by Gasteiger charge is 2.36. The Balaban J connectivity index is 1.65. The van der Waals surface area contributed by atoms with E-state index in [0.29, 0.717) is 18.4 Å². The summed E-state index contributed by atoms with van der Waals surface area (Å²) in [5.74, 6) is 0. The van der Waals surface area contributed by atoms with E-state index in [9.17, 15) is 0 Å². The lowest BCUT2D eigenvalue weighted by Crippen LogP contribution is -2.53. The van der Waals surface area contributed by atoms with E-state index >= 15 is 0 Å². The summed E-state index contributed by atoms with van der Waals surface area (Å²) in [5.41, 5.74) is 0. The summed E-state index contributed by atoms with van der Waals surface area (Å²) in [6.07, 6.45) is 11.2. The number of hydrogen-bond donors (Lipinski definition) is 0. The molecule has 98 valence electrons. The molecule has 3 unspecified atom stereocenters. The summed E-state index contributed by atoms with van der Waals surface area (Å²) in [6, 6.07) is 0.634. The summed E-state index contributed by atoms with van der Waals surface area (Å²) in [5, 5.41) is 0. The van der Waals surface area contributed by atoms with E-state index < -0.39 is 0 Å². The van der Waals surface area contributed by atoms with Gasteiger partial charge in [0.1, 0.15) is 6.23 Å². The quantitative estimate of drug-likeness (QED) is 0.739. The van der Waals surface area contributed by atoms with Crippen LogP contribution in [0.4, 0.5) is 0 Å². The molecule has 3 saturated heterocycles. The van der Waals surface area contributed by atoms with Gasteiger partial charge in [-0.3, -0.25) is 4.90 Å². The van der Waals surface area contributed by atoms with Crippen LogP contribution < -0.4 is 0 Å². The fraction of sp³-hybridized carbons (Fsp3) is 1.00. The minimum absolute atomic E-state index is 0.387. The molecule has 0 aromatic heterocycles. The van der Waals surface area contributed by atoms with Crippen molar-refractivity contribution in [1.29, 1.82) is 0 Å². The van der Waals surface area contributed by atoms with Gasteiger partial charge in [-0.15, -0.1) is 0 Å². The summed E-state index contributed by atoms with van der Waals surface area (Å²) < 4.78 is 11.9. The van der Waals surface area contributed by atoms with E-state index in [-0.39, 0.29) is 0 Å². The molecule has 3 rings (SSSR count). The summed E-state index contributed by atoms with van der Waals surface area (Å²) >= 11 is 0. The van der Waals surface area contributed by atoms with Crippen LogP contribution in [-0.2, 0) is 9.47 Å². The molecule has 3 aliphatic rings. The minimum Gasteiger partial charge on any atom is -0.377 e. The zero-order chi connectivity index (χ0) is 11.5. The minimum atomic E-state index is 0.387. The largest absolute Gasteiger partial charge is 0.377 e. The fourth-order valence-corrected chi connectivity index (χ4v) is 3.63. The van der Waals surface area contributed by atoms with Gasteiger partial charge in [0.05, 0.1) is 6.10 Å². The van der Waals surface area contributed by atoms with Crippen molar-refractivity contribution in [2.45, 2.75) is 69.7 Å².